The standard InChI is InChI=1S/C35H49N5O7S/c1-8-45-33(46-9-2)24(3)40(21-26-23-48-29-18-14-13-17-27(26)29)32(43)28(19-31(42)47-35(4,5)6)37-30(41)22-39(7)38-34(44)36-20-25-15-11-10-12-16-25/h10-18,23-24,28,33H,8-9,19-22H2,1-7H3,(H,37,41)(H2,36,38,44). The molecule has 0 aliphatic rings. The number of hydrogen-bond acceptors (Lipinski definition) is 9. The number of likely N-dealkylation sites (N-methyl/N-ethyl adjacent to an activating group) is 1. The summed E-state index contributed by atoms with van der Waals surface area (Å²) in [6, 6.07) is 14.9. The van der Waals surface area contributed by atoms with E-state index in [4.69, 9.17) is 14.2 Å². The van der Waals surface area contributed by atoms with Crippen molar-refractivity contribution >= 4 is 45.2 Å². The minimum absolute atomic E-state index is 0.185. The van der Waals surface area contributed by atoms with E-state index in [0.717, 1.165) is 21.2 Å². The maximum Gasteiger partial charge on any atom is 0.329 e. The van der Waals surface area contributed by atoms with E-state index in [1.165, 1.54) is 12.1 Å². The summed E-state index contributed by atoms with van der Waals surface area (Å²) >= 11 is 1.57. The SMILES string of the molecule is CCOC(OCC)C(C)N(Cc1csc2ccccc12)C(=O)C(CC(=O)OC(C)(C)C)NC(=O)CN(C)NC(=O)NCc1ccccc1. The fraction of sp³-hybridized carbons (Fsp3) is 0.486. The molecule has 3 rings (SSSR count). The molecule has 0 aliphatic heterocycles. The van der Waals surface area contributed by atoms with Crippen molar-refractivity contribution in [3.63, 3.8) is 0 Å². The lowest BCUT2D eigenvalue weighted by molar-refractivity contribution is -0.180. The van der Waals surface area contributed by atoms with Crippen LogP contribution >= 0.6 is 11.3 Å². The summed E-state index contributed by atoms with van der Waals surface area (Å²) in [5.41, 5.74) is 3.62. The van der Waals surface area contributed by atoms with E-state index >= 15 is 0 Å². The Morgan fingerprint density at radius 3 is 2.23 bits per heavy atom. The van der Waals surface area contributed by atoms with Crippen LogP contribution in [-0.4, -0.2) is 84.5 Å². The highest BCUT2D eigenvalue weighted by Gasteiger charge is 2.36. The molecule has 2 atom stereocenters. The lowest BCUT2D eigenvalue weighted by atomic mass is 10.1. The van der Waals surface area contributed by atoms with E-state index in [0.29, 0.717) is 19.8 Å². The summed E-state index contributed by atoms with van der Waals surface area (Å²) in [5, 5.41) is 9.76. The minimum Gasteiger partial charge on any atom is -0.460 e. The van der Waals surface area contributed by atoms with Gasteiger partial charge in [0.1, 0.15) is 11.6 Å². The predicted molar refractivity (Wildman–Crippen MR) is 186 cm³/mol. The Balaban J connectivity index is 1.83. The number of benzene rings is 2. The van der Waals surface area contributed by atoms with Crippen LogP contribution in [0.2, 0.25) is 0 Å². The highest BCUT2D eigenvalue weighted by Crippen LogP contribution is 2.28. The fourth-order valence-electron chi connectivity index (χ4n) is 5.00. The van der Waals surface area contributed by atoms with Crippen LogP contribution in [0.15, 0.2) is 60.0 Å². The van der Waals surface area contributed by atoms with Crippen molar-refractivity contribution in [1.29, 1.82) is 0 Å². The lowest BCUT2D eigenvalue weighted by Gasteiger charge is -2.36. The van der Waals surface area contributed by atoms with Crippen molar-refractivity contribution in [1.82, 2.24) is 26.0 Å². The number of nitrogens with zero attached hydrogens (tertiary/aromatic N) is 2. The third-order valence-electron chi connectivity index (χ3n) is 7.13. The number of rotatable bonds is 17. The van der Waals surface area contributed by atoms with Gasteiger partial charge >= 0.3 is 12.0 Å². The van der Waals surface area contributed by atoms with Gasteiger partial charge < -0.3 is 29.7 Å². The first-order valence-corrected chi connectivity index (χ1v) is 17.0. The van der Waals surface area contributed by atoms with Crippen LogP contribution < -0.4 is 16.1 Å². The summed E-state index contributed by atoms with van der Waals surface area (Å²) in [6.45, 7) is 11.6. The van der Waals surface area contributed by atoms with Gasteiger partial charge in [-0.05, 0) is 69.5 Å². The maximum atomic E-state index is 14.5. The van der Waals surface area contributed by atoms with Gasteiger partial charge in [-0.25, -0.2) is 9.80 Å². The van der Waals surface area contributed by atoms with Gasteiger partial charge in [-0.2, -0.15) is 0 Å². The smallest absolute Gasteiger partial charge is 0.329 e. The number of carbonyl (C=O) groups excluding carboxylic acids is 4. The number of carbonyl (C=O) groups is 4. The van der Waals surface area contributed by atoms with Crippen molar-refractivity contribution in [2.75, 3.05) is 26.8 Å². The second-order valence-corrected chi connectivity index (χ2v) is 13.2. The Morgan fingerprint density at radius 1 is 0.938 bits per heavy atom. The molecule has 0 bridgehead atoms. The third-order valence-corrected chi connectivity index (χ3v) is 8.14. The fourth-order valence-corrected chi connectivity index (χ4v) is 5.95. The molecule has 2 aromatic carbocycles. The molecule has 3 aromatic rings. The van der Waals surface area contributed by atoms with Gasteiger partial charge in [0, 0.05) is 38.1 Å². The van der Waals surface area contributed by atoms with Crippen molar-refractivity contribution in [3.05, 3.63) is 71.1 Å². The van der Waals surface area contributed by atoms with E-state index in [-0.39, 0.29) is 13.1 Å². The van der Waals surface area contributed by atoms with E-state index in [1.807, 2.05) is 80.7 Å². The number of urea groups is 1. The van der Waals surface area contributed by atoms with Gasteiger partial charge in [0.15, 0.2) is 6.29 Å². The van der Waals surface area contributed by atoms with E-state index in [9.17, 15) is 19.2 Å². The molecule has 1 aromatic heterocycles. The van der Waals surface area contributed by atoms with Crippen LogP contribution in [0.4, 0.5) is 4.79 Å². The van der Waals surface area contributed by atoms with Crippen molar-refractivity contribution in [2.24, 2.45) is 0 Å². The lowest BCUT2D eigenvalue weighted by Crippen LogP contribution is -2.56. The first-order valence-electron chi connectivity index (χ1n) is 16.1. The second kappa shape index (κ2) is 18.5. The minimum atomic E-state index is -1.27. The largest absolute Gasteiger partial charge is 0.460 e. The summed E-state index contributed by atoms with van der Waals surface area (Å²) in [6.07, 6.45) is -1.16. The Labute approximate surface area is 287 Å². The van der Waals surface area contributed by atoms with Gasteiger partial charge in [-0.1, -0.05) is 48.5 Å². The molecule has 12 nitrogen and oxygen atoms in total. The highest BCUT2D eigenvalue weighted by atomic mass is 32.1. The molecule has 0 aliphatic carbocycles. The number of hydrazine groups is 1. The Bertz CT molecular complexity index is 1490. The molecule has 0 radical (unpaired) electrons. The molecule has 2 unspecified atom stereocenters. The average molecular weight is 684 g/mol. The monoisotopic (exact) mass is 683 g/mol. The summed E-state index contributed by atoms with van der Waals surface area (Å²) in [4.78, 5) is 54.9. The first-order chi connectivity index (χ1) is 22.8. The van der Waals surface area contributed by atoms with Gasteiger partial charge in [-0.15, -0.1) is 11.3 Å². The molecule has 3 N–H and O–H groups in total. The summed E-state index contributed by atoms with van der Waals surface area (Å²) in [7, 11) is 1.53. The molecular weight excluding hydrogens is 634 g/mol. The zero-order valence-electron chi connectivity index (χ0n) is 28.9. The van der Waals surface area contributed by atoms with Gasteiger partial charge in [0.05, 0.1) is 19.0 Å². The van der Waals surface area contributed by atoms with E-state index < -0.39 is 54.2 Å². The quantitative estimate of drug-likeness (QED) is 0.107. The zero-order valence-corrected chi connectivity index (χ0v) is 29.7. The normalized spacial score (nSPS) is 12.9. The number of ether oxygens (including phenoxy) is 3. The Hall–Kier alpha value is -4.04. The number of thiophene rings is 1. The second-order valence-electron chi connectivity index (χ2n) is 12.3. The topological polar surface area (TPSA) is 139 Å². The Kier molecular flexibility index (Phi) is 14.8. The summed E-state index contributed by atoms with van der Waals surface area (Å²) < 4.78 is 18.4. The molecule has 1 heterocycles. The summed E-state index contributed by atoms with van der Waals surface area (Å²) in [5.74, 6) is -1.73. The average Bonchev–Trinajstić information content (AvgIpc) is 3.43. The van der Waals surface area contributed by atoms with Crippen LogP contribution in [0.25, 0.3) is 10.1 Å². The number of fused-ring (bicyclic) bond motifs is 1. The molecular formula is C35H49N5O7S. The molecule has 13 heteroatoms. The number of hydrogen-bond donors (Lipinski definition) is 3. The molecule has 0 saturated carbocycles. The van der Waals surface area contributed by atoms with E-state index in [2.05, 4.69) is 16.1 Å². The Morgan fingerprint density at radius 2 is 1.58 bits per heavy atom. The molecule has 0 spiro atoms. The van der Waals surface area contributed by atoms with Crippen LogP contribution in [0.3, 0.4) is 0 Å². The molecule has 262 valence electrons. The molecule has 0 fully saturated rings. The number of esters is 1. The van der Waals surface area contributed by atoms with Crippen molar-refractivity contribution < 1.29 is 33.4 Å². The third kappa shape index (κ3) is 12.2. The maximum absolute atomic E-state index is 14.5. The highest BCUT2D eigenvalue weighted by molar-refractivity contribution is 7.17. The van der Waals surface area contributed by atoms with Gasteiger partial charge in [0.25, 0.3) is 0 Å². The molecule has 0 saturated heterocycles. The first kappa shape index (κ1) is 38.4. The van der Waals surface area contributed by atoms with Crippen LogP contribution in [-0.2, 0) is 41.7 Å². The zero-order chi connectivity index (χ0) is 35.3. The predicted octanol–water partition coefficient (Wildman–Crippen LogP) is 4.58. The van der Waals surface area contributed by atoms with Crippen molar-refractivity contribution in [3.8, 4) is 0 Å². The van der Waals surface area contributed by atoms with Crippen LogP contribution in [0.1, 0.15) is 59.1 Å². The number of amides is 4. The van der Waals surface area contributed by atoms with Gasteiger partial charge in [-0.3, -0.25) is 19.8 Å². The molecule has 48 heavy (non-hydrogen) atoms. The van der Waals surface area contributed by atoms with Crippen LogP contribution in [0, 0.1) is 0 Å². The number of nitrogens with one attached hydrogen (secondary N) is 3. The van der Waals surface area contributed by atoms with Gasteiger partial charge in [0.2, 0.25) is 11.8 Å². The van der Waals surface area contributed by atoms with E-state index in [1.54, 1.807) is 37.0 Å². The molecule has 4 amide bonds. The van der Waals surface area contributed by atoms with Crippen molar-refractivity contribution in [2.45, 2.75) is 85.0 Å². The van der Waals surface area contributed by atoms with Crippen LogP contribution in [0.5, 0.6) is 0 Å².